The first kappa shape index (κ1) is 19.7. The molecule has 1 aliphatic heterocycles. The van der Waals surface area contributed by atoms with Gasteiger partial charge in [0.25, 0.3) is 5.56 Å². The van der Waals surface area contributed by atoms with Crippen molar-refractivity contribution in [2.24, 2.45) is 0 Å². The van der Waals surface area contributed by atoms with E-state index in [0.717, 1.165) is 17.6 Å². The van der Waals surface area contributed by atoms with Crippen LogP contribution in [0.5, 0.6) is 11.5 Å². The first-order valence-electron chi connectivity index (χ1n) is 9.81. The number of hydrogen-bond acceptors (Lipinski definition) is 5. The van der Waals surface area contributed by atoms with Gasteiger partial charge in [-0.1, -0.05) is 13.0 Å². The highest BCUT2D eigenvalue weighted by molar-refractivity contribution is 5.93. The summed E-state index contributed by atoms with van der Waals surface area (Å²) < 4.78 is 12.8. The zero-order valence-electron chi connectivity index (χ0n) is 16.8. The van der Waals surface area contributed by atoms with Gasteiger partial charge in [0.05, 0.1) is 30.2 Å². The average molecular weight is 406 g/mol. The maximum absolute atomic E-state index is 12.9. The minimum Gasteiger partial charge on any atom is -0.493 e. The summed E-state index contributed by atoms with van der Waals surface area (Å²) in [5.74, 6) is 0.857. The van der Waals surface area contributed by atoms with Crippen LogP contribution >= 0.6 is 0 Å². The van der Waals surface area contributed by atoms with Crippen LogP contribution in [0.3, 0.4) is 0 Å². The molecule has 154 valence electrons. The zero-order chi connectivity index (χ0) is 21.3. The third-order valence-electron chi connectivity index (χ3n) is 5.08. The van der Waals surface area contributed by atoms with Gasteiger partial charge in [-0.15, -0.1) is 0 Å². The lowest BCUT2D eigenvalue weighted by Crippen LogP contribution is -2.21. The van der Waals surface area contributed by atoms with Crippen molar-refractivity contribution >= 4 is 28.5 Å². The normalized spacial score (nSPS) is 14.1. The molecule has 2 aromatic carbocycles. The lowest BCUT2D eigenvalue weighted by molar-refractivity contribution is 0.0697. The van der Waals surface area contributed by atoms with Gasteiger partial charge in [0.2, 0.25) is 0 Å². The van der Waals surface area contributed by atoms with Gasteiger partial charge in [0.15, 0.2) is 11.5 Å². The standard InChI is InChI=1S/C23H22N2O5/c1-3-10-30-20-12-14(4-7-19(20)29-2)11-15-8-9-25-21(15)24-18-13-16(23(27)28)5-6-17(18)22(25)26/h4-7,11-13H,3,8-10H2,1-2H3,(H,27,28). The third-order valence-corrected chi connectivity index (χ3v) is 5.08. The molecule has 0 spiro atoms. The van der Waals surface area contributed by atoms with Crippen LogP contribution < -0.4 is 15.0 Å². The maximum atomic E-state index is 12.9. The van der Waals surface area contributed by atoms with E-state index >= 15 is 0 Å². The number of carbonyl (C=O) groups is 1. The molecule has 7 heteroatoms. The van der Waals surface area contributed by atoms with Crippen molar-refractivity contribution < 1.29 is 19.4 Å². The molecule has 1 N–H and O–H groups in total. The predicted molar refractivity (Wildman–Crippen MR) is 114 cm³/mol. The summed E-state index contributed by atoms with van der Waals surface area (Å²) in [6, 6.07) is 10.1. The number of allylic oxidation sites excluding steroid dienone is 1. The van der Waals surface area contributed by atoms with E-state index in [1.807, 2.05) is 31.2 Å². The number of aromatic nitrogens is 2. The van der Waals surface area contributed by atoms with Crippen LogP contribution in [0.2, 0.25) is 0 Å². The van der Waals surface area contributed by atoms with Crippen molar-refractivity contribution in [2.45, 2.75) is 26.3 Å². The average Bonchev–Trinajstić information content (AvgIpc) is 3.14. The molecule has 1 aromatic heterocycles. The molecule has 0 saturated carbocycles. The summed E-state index contributed by atoms with van der Waals surface area (Å²) in [5, 5.41) is 9.66. The summed E-state index contributed by atoms with van der Waals surface area (Å²) in [7, 11) is 1.60. The van der Waals surface area contributed by atoms with Gasteiger partial charge in [-0.05, 0) is 60.4 Å². The summed E-state index contributed by atoms with van der Waals surface area (Å²) in [6.07, 6.45) is 3.54. The summed E-state index contributed by atoms with van der Waals surface area (Å²) in [4.78, 5) is 28.8. The summed E-state index contributed by atoms with van der Waals surface area (Å²) in [5.41, 5.74) is 2.17. The van der Waals surface area contributed by atoms with E-state index in [4.69, 9.17) is 9.47 Å². The molecular formula is C23H22N2O5. The molecule has 0 radical (unpaired) electrons. The van der Waals surface area contributed by atoms with E-state index < -0.39 is 5.97 Å². The van der Waals surface area contributed by atoms with Crippen molar-refractivity contribution in [1.82, 2.24) is 9.55 Å². The van der Waals surface area contributed by atoms with E-state index in [1.54, 1.807) is 11.7 Å². The zero-order valence-corrected chi connectivity index (χ0v) is 16.8. The number of carboxylic acids is 1. The Labute approximate surface area is 173 Å². The molecule has 0 aliphatic carbocycles. The number of hydrogen-bond donors (Lipinski definition) is 1. The highest BCUT2D eigenvalue weighted by Crippen LogP contribution is 2.32. The number of benzene rings is 2. The molecule has 7 nitrogen and oxygen atoms in total. The molecule has 0 atom stereocenters. The number of fused-ring (bicyclic) bond motifs is 2. The second-order valence-electron chi connectivity index (χ2n) is 7.11. The van der Waals surface area contributed by atoms with Crippen molar-refractivity contribution in [1.29, 1.82) is 0 Å². The maximum Gasteiger partial charge on any atom is 0.335 e. The van der Waals surface area contributed by atoms with Crippen molar-refractivity contribution in [2.75, 3.05) is 13.7 Å². The molecule has 3 aromatic rings. The summed E-state index contributed by atoms with van der Waals surface area (Å²) >= 11 is 0. The highest BCUT2D eigenvalue weighted by atomic mass is 16.5. The van der Waals surface area contributed by atoms with Crippen LogP contribution in [0.4, 0.5) is 0 Å². The molecular weight excluding hydrogens is 384 g/mol. The van der Waals surface area contributed by atoms with Crippen LogP contribution in [0.1, 0.15) is 41.5 Å². The van der Waals surface area contributed by atoms with E-state index in [0.29, 0.717) is 47.8 Å². The molecule has 1 aliphatic rings. The Bertz CT molecular complexity index is 1230. The Morgan fingerprint density at radius 2 is 2.07 bits per heavy atom. The van der Waals surface area contributed by atoms with Gasteiger partial charge in [-0.25, -0.2) is 9.78 Å². The minimum atomic E-state index is -1.05. The van der Waals surface area contributed by atoms with Gasteiger partial charge >= 0.3 is 5.97 Å². The largest absolute Gasteiger partial charge is 0.493 e. The number of carboxylic acid groups (broad SMARTS) is 1. The fourth-order valence-electron chi connectivity index (χ4n) is 3.60. The van der Waals surface area contributed by atoms with Crippen LogP contribution in [0.25, 0.3) is 22.6 Å². The number of aromatic carboxylic acids is 1. The number of nitrogens with zero attached hydrogens (tertiary/aromatic N) is 2. The van der Waals surface area contributed by atoms with Crippen LogP contribution in [-0.4, -0.2) is 34.3 Å². The Kier molecular flexibility index (Phi) is 5.27. The Balaban J connectivity index is 1.78. The smallest absolute Gasteiger partial charge is 0.335 e. The second kappa shape index (κ2) is 8.02. The van der Waals surface area contributed by atoms with Crippen LogP contribution in [-0.2, 0) is 6.54 Å². The van der Waals surface area contributed by atoms with Crippen molar-refractivity contribution in [3.63, 3.8) is 0 Å². The molecule has 0 fully saturated rings. The van der Waals surface area contributed by atoms with Gasteiger partial charge in [-0.3, -0.25) is 9.36 Å². The van der Waals surface area contributed by atoms with E-state index in [2.05, 4.69) is 4.98 Å². The van der Waals surface area contributed by atoms with Gasteiger partial charge in [0, 0.05) is 6.54 Å². The first-order valence-corrected chi connectivity index (χ1v) is 9.81. The summed E-state index contributed by atoms with van der Waals surface area (Å²) in [6.45, 7) is 3.17. The molecule has 0 unspecified atom stereocenters. The van der Waals surface area contributed by atoms with E-state index in [9.17, 15) is 14.7 Å². The first-order chi connectivity index (χ1) is 14.5. The minimum absolute atomic E-state index is 0.107. The molecule has 4 rings (SSSR count). The molecule has 2 heterocycles. The highest BCUT2D eigenvalue weighted by Gasteiger charge is 2.21. The van der Waals surface area contributed by atoms with Crippen LogP contribution in [0.15, 0.2) is 41.2 Å². The Morgan fingerprint density at radius 3 is 2.80 bits per heavy atom. The van der Waals surface area contributed by atoms with Gasteiger partial charge in [-0.2, -0.15) is 0 Å². The second-order valence-corrected chi connectivity index (χ2v) is 7.11. The molecule has 0 bridgehead atoms. The SMILES string of the molecule is CCCOc1cc(C=C2CCn3c2nc2cc(C(=O)O)ccc2c3=O)ccc1OC. The Hall–Kier alpha value is -3.61. The number of ether oxygens (including phenoxy) is 2. The predicted octanol–water partition coefficient (Wildman–Crippen LogP) is 3.84. The quantitative estimate of drug-likeness (QED) is 0.669. The lowest BCUT2D eigenvalue weighted by Gasteiger charge is -2.11. The lowest BCUT2D eigenvalue weighted by atomic mass is 10.1. The fraction of sp³-hybridized carbons (Fsp3) is 0.261. The molecule has 30 heavy (non-hydrogen) atoms. The third kappa shape index (κ3) is 3.54. The monoisotopic (exact) mass is 406 g/mol. The van der Waals surface area contributed by atoms with E-state index in [1.165, 1.54) is 18.2 Å². The fourth-order valence-corrected chi connectivity index (χ4v) is 3.60. The molecule has 0 amide bonds. The van der Waals surface area contributed by atoms with Gasteiger partial charge < -0.3 is 14.6 Å². The van der Waals surface area contributed by atoms with Crippen molar-refractivity contribution in [3.05, 3.63) is 63.7 Å². The molecule has 0 saturated heterocycles. The number of rotatable bonds is 6. The number of methoxy groups -OCH3 is 1. The van der Waals surface area contributed by atoms with E-state index in [-0.39, 0.29) is 11.1 Å². The topological polar surface area (TPSA) is 90.7 Å². The Morgan fingerprint density at radius 1 is 1.23 bits per heavy atom. The van der Waals surface area contributed by atoms with Crippen LogP contribution in [0, 0.1) is 0 Å². The van der Waals surface area contributed by atoms with Gasteiger partial charge in [0.1, 0.15) is 5.82 Å². The van der Waals surface area contributed by atoms with Crippen molar-refractivity contribution in [3.8, 4) is 11.5 Å².